The molecule has 0 saturated carbocycles. The van der Waals surface area contributed by atoms with Crippen molar-refractivity contribution < 1.29 is 9.53 Å². The summed E-state index contributed by atoms with van der Waals surface area (Å²) in [5.74, 6) is 0.264. The zero-order chi connectivity index (χ0) is 14.5. The molecule has 0 aliphatic carbocycles. The number of methoxy groups -OCH3 is 1. The van der Waals surface area contributed by atoms with Gasteiger partial charge in [0.2, 0.25) is 0 Å². The standard InChI is InChI=1S/C15H17N3O2/c1-10-6-7-17-8-11(10)9-18-15(19)12-4-3-5-13(20-2)14(12)16/h3-8H,9,16H2,1-2H3,(H,18,19). The van der Waals surface area contributed by atoms with Crippen molar-refractivity contribution in [2.45, 2.75) is 13.5 Å². The highest BCUT2D eigenvalue weighted by molar-refractivity contribution is 6.00. The molecule has 0 bridgehead atoms. The van der Waals surface area contributed by atoms with Gasteiger partial charge in [-0.1, -0.05) is 6.07 Å². The molecule has 0 aliphatic rings. The Morgan fingerprint density at radius 3 is 2.90 bits per heavy atom. The Bertz CT molecular complexity index is 626. The predicted octanol–water partition coefficient (Wildman–Crippen LogP) is 1.91. The highest BCUT2D eigenvalue weighted by Crippen LogP contribution is 2.24. The van der Waals surface area contributed by atoms with E-state index in [-0.39, 0.29) is 5.91 Å². The minimum Gasteiger partial charge on any atom is -0.495 e. The summed E-state index contributed by atoms with van der Waals surface area (Å²) in [6.45, 7) is 2.39. The van der Waals surface area contributed by atoms with Gasteiger partial charge in [0.15, 0.2) is 0 Å². The third-order valence-electron chi connectivity index (χ3n) is 3.12. The van der Waals surface area contributed by atoms with E-state index in [2.05, 4.69) is 10.3 Å². The van der Waals surface area contributed by atoms with Crippen LogP contribution in [0.1, 0.15) is 21.5 Å². The number of para-hydroxylation sites is 1. The number of carbonyl (C=O) groups excluding carboxylic acids is 1. The lowest BCUT2D eigenvalue weighted by Crippen LogP contribution is -2.24. The third kappa shape index (κ3) is 2.88. The van der Waals surface area contributed by atoms with Crippen LogP contribution in [-0.2, 0) is 6.54 Å². The Morgan fingerprint density at radius 1 is 1.40 bits per heavy atom. The van der Waals surface area contributed by atoms with Crippen LogP contribution in [-0.4, -0.2) is 18.0 Å². The normalized spacial score (nSPS) is 10.1. The zero-order valence-corrected chi connectivity index (χ0v) is 11.5. The molecule has 2 aromatic rings. The number of amides is 1. The van der Waals surface area contributed by atoms with E-state index in [1.165, 1.54) is 7.11 Å². The summed E-state index contributed by atoms with van der Waals surface area (Å²) in [6, 6.07) is 7.03. The smallest absolute Gasteiger partial charge is 0.253 e. The monoisotopic (exact) mass is 271 g/mol. The van der Waals surface area contributed by atoms with Crippen LogP contribution < -0.4 is 15.8 Å². The molecule has 0 spiro atoms. The summed E-state index contributed by atoms with van der Waals surface area (Å²) >= 11 is 0. The number of nitrogen functional groups attached to an aromatic ring is 1. The lowest BCUT2D eigenvalue weighted by atomic mass is 10.1. The van der Waals surface area contributed by atoms with Gasteiger partial charge < -0.3 is 15.8 Å². The first-order valence-corrected chi connectivity index (χ1v) is 6.23. The zero-order valence-electron chi connectivity index (χ0n) is 11.5. The predicted molar refractivity (Wildman–Crippen MR) is 77.6 cm³/mol. The van der Waals surface area contributed by atoms with Crippen molar-refractivity contribution in [2.75, 3.05) is 12.8 Å². The lowest BCUT2D eigenvalue weighted by Gasteiger charge is -2.11. The number of pyridine rings is 1. The van der Waals surface area contributed by atoms with Crippen molar-refractivity contribution in [3.63, 3.8) is 0 Å². The molecular weight excluding hydrogens is 254 g/mol. The number of hydrogen-bond acceptors (Lipinski definition) is 4. The molecule has 0 atom stereocenters. The van der Waals surface area contributed by atoms with E-state index in [4.69, 9.17) is 10.5 Å². The minimum atomic E-state index is -0.232. The van der Waals surface area contributed by atoms with E-state index in [0.29, 0.717) is 23.5 Å². The topological polar surface area (TPSA) is 77.2 Å². The fraction of sp³-hybridized carbons (Fsp3) is 0.200. The van der Waals surface area contributed by atoms with Gasteiger partial charge in [0.05, 0.1) is 18.4 Å². The van der Waals surface area contributed by atoms with Gasteiger partial charge in [-0.3, -0.25) is 9.78 Å². The maximum Gasteiger partial charge on any atom is 0.253 e. The number of anilines is 1. The molecule has 104 valence electrons. The summed E-state index contributed by atoms with van der Waals surface area (Å²) in [5.41, 5.74) is 8.70. The van der Waals surface area contributed by atoms with Gasteiger partial charge in [-0.15, -0.1) is 0 Å². The molecule has 1 aromatic carbocycles. The summed E-state index contributed by atoms with van der Waals surface area (Å²) in [7, 11) is 1.52. The fourth-order valence-electron chi connectivity index (χ4n) is 1.87. The first kappa shape index (κ1) is 13.9. The number of nitrogens with one attached hydrogen (secondary N) is 1. The van der Waals surface area contributed by atoms with Crippen LogP contribution in [0.3, 0.4) is 0 Å². The molecule has 1 amide bonds. The van der Waals surface area contributed by atoms with Crippen molar-refractivity contribution in [3.05, 3.63) is 53.3 Å². The molecule has 0 fully saturated rings. The van der Waals surface area contributed by atoms with Crippen LogP contribution in [0, 0.1) is 6.92 Å². The van der Waals surface area contributed by atoms with Gasteiger partial charge in [-0.25, -0.2) is 0 Å². The number of ether oxygens (including phenoxy) is 1. The Kier molecular flexibility index (Phi) is 4.20. The van der Waals surface area contributed by atoms with Crippen molar-refractivity contribution in [1.82, 2.24) is 10.3 Å². The van der Waals surface area contributed by atoms with Gasteiger partial charge in [0.25, 0.3) is 5.91 Å². The van der Waals surface area contributed by atoms with E-state index in [1.54, 1.807) is 30.6 Å². The van der Waals surface area contributed by atoms with Gasteiger partial charge >= 0.3 is 0 Å². The molecule has 5 nitrogen and oxygen atoms in total. The molecule has 0 radical (unpaired) electrons. The fourth-order valence-corrected chi connectivity index (χ4v) is 1.87. The summed E-state index contributed by atoms with van der Waals surface area (Å²) in [6.07, 6.45) is 3.46. The van der Waals surface area contributed by atoms with Gasteiger partial charge in [-0.05, 0) is 36.2 Å². The van der Waals surface area contributed by atoms with Crippen molar-refractivity contribution >= 4 is 11.6 Å². The van der Waals surface area contributed by atoms with E-state index < -0.39 is 0 Å². The maximum atomic E-state index is 12.2. The Labute approximate surface area is 117 Å². The second-order valence-corrected chi connectivity index (χ2v) is 4.41. The summed E-state index contributed by atoms with van der Waals surface area (Å²) < 4.78 is 5.10. The highest BCUT2D eigenvalue weighted by atomic mass is 16.5. The Hall–Kier alpha value is -2.56. The largest absolute Gasteiger partial charge is 0.495 e. The van der Waals surface area contributed by atoms with Crippen LogP contribution >= 0.6 is 0 Å². The molecule has 5 heteroatoms. The number of carbonyl (C=O) groups is 1. The van der Waals surface area contributed by atoms with E-state index in [9.17, 15) is 4.79 Å². The Balaban J connectivity index is 2.12. The second kappa shape index (κ2) is 6.06. The number of aryl methyl sites for hydroxylation is 1. The van der Waals surface area contributed by atoms with Crippen molar-refractivity contribution in [2.24, 2.45) is 0 Å². The first-order chi connectivity index (χ1) is 9.63. The molecule has 0 unspecified atom stereocenters. The molecular formula is C15H17N3O2. The molecule has 1 aromatic heterocycles. The van der Waals surface area contributed by atoms with E-state index >= 15 is 0 Å². The van der Waals surface area contributed by atoms with Crippen LogP contribution in [0.4, 0.5) is 5.69 Å². The number of nitrogens with two attached hydrogens (primary N) is 1. The second-order valence-electron chi connectivity index (χ2n) is 4.41. The van der Waals surface area contributed by atoms with Crippen molar-refractivity contribution in [1.29, 1.82) is 0 Å². The summed E-state index contributed by atoms with van der Waals surface area (Å²) in [5, 5.41) is 2.83. The van der Waals surface area contributed by atoms with Crippen LogP contribution in [0.5, 0.6) is 5.75 Å². The number of rotatable bonds is 4. The molecule has 20 heavy (non-hydrogen) atoms. The molecule has 0 saturated heterocycles. The van der Waals surface area contributed by atoms with Gasteiger partial charge in [0.1, 0.15) is 5.75 Å². The third-order valence-corrected chi connectivity index (χ3v) is 3.12. The highest BCUT2D eigenvalue weighted by Gasteiger charge is 2.12. The molecule has 0 aliphatic heterocycles. The number of aromatic nitrogens is 1. The van der Waals surface area contributed by atoms with Crippen LogP contribution in [0.25, 0.3) is 0 Å². The number of nitrogens with zero attached hydrogens (tertiary/aromatic N) is 1. The maximum absolute atomic E-state index is 12.2. The first-order valence-electron chi connectivity index (χ1n) is 6.23. The van der Waals surface area contributed by atoms with Gasteiger partial charge in [0, 0.05) is 18.9 Å². The van der Waals surface area contributed by atoms with Crippen molar-refractivity contribution in [3.8, 4) is 5.75 Å². The average Bonchev–Trinajstić information content (AvgIpc) is 2.46. The molecule has 1 heterocycles. The summed E-state index contributed by atoms with van der Waals surface area (Å²) in [4.78, 5) is 16.2. The molecule has 3 N–H and O–H groups in total. The lowest BCUT2D eigenvalue weighted by molar-refractivity contribution is 0.0951. The SMILES string of the molecule is COc1cccc(C(=O)NCc2cnccc2C)c1N. The average molecular weight is 271 g/mol. The van der Waals surface area contributed by atoms with Crippen LogP contribution in [0.15, 0.2) is 36.7 Å². The minimum absolute atomic E-state index is 0.232. The quantitative estimate of drug-likeness (QED) is 0.833. The molecule has 2 rings (SSSR count). The number of benzene rings is 1. The van der Waals surface area contributed by atoms with E-state index in [0.717, 1.165) is 11.1 Å². The van der Waals surface area contributed by atoms with E-state index in [1.807, 2.05) is 13.0 Å². The number of hydrogen-bond donors (Lipinski definition) is 2. The van der Waals surface area contributed by atoms with Gasteiger partial charge in [-0.2, -0.15) is 0 Å². The Morgan fingerprint density at radius 2 is 2.20 bits per heavy atom. The van der Waals surface area contributed by atoms with Crippen LogP contribution in [0.2, 0.25) is 0 Å².